The Morgan fingerprint density at radius 1 is 1.00 bits per heavy atom. The lowest BCUT2D eigenvalue weighted by Crippen LogP contribution is -2.49. The van der Waals surface area contributed by atoms with Crippen molar-refractivity contribution in [3.63, 3.8) is 0 Å². The molecule has 0 bridgehead atoms. The van der Waals surface area contributed by atoms with Crippen molar-refractivity contribution < 1.29 is 4.43 Å². The lowest BCUT2D eigenvalue weighted by molar-refractivity contribution is 0.302. The SMILES string of the molecule is C=CC(I)O[Si](C(C)C)(C(C)C)C(C)C. The lowest BCUT2D eigenvalue weighted by Gasteiger charge is -2.43. The van der Waals surface area contributed by atoms with E-state index in [0.717, 1.165) is 0 Å². The zero-order valence-corrected chi connectivity index (χ0v) is 14.0. The second kappa shape index (κ2) is 6.40. The molecule has 0 N–H and O–H groups in total. The molecule has 0 aliphatic carbocycles. The molecule has 0 spiro atoms. The minimum atomic E-state index is -1.69. The van der Waals surface area contributed by atoms with E-state index in [9.17, 15) is 0 Å². The maximum Gasteiger partial charge on any atom is 0.202 e. The third-order valence-electron chi connectivity index (χ3n) is 3.21. The Kier molecular flexibility index (Phi) is 6.67. The van der Waals surface area contributed by atoms with Gasteiger partial charge in [-0.2, -0.15) is 0 Å². The summed E-state index contributed by atoms with van der Waals surface area (Å²) in [6, 6.07) is 0. The van der Waals surface area contributed by atoms with Crippen LogP contribution >= 0.6 is 22.6 Å². The first kappa shape index (κ1) is 15.6. The van der Waals surface area contributed by atoms with Gasteiger partial charge in [0.2, 0.25) is 8.32 Å². The van der Waals surface area contributed by atoms with Crippen LogP contribution in [0, 0.1) is 0 Å². The van der Waals surface area contributed by atoms with Gasteiger partial charge in [0, 0.05) is 0 Å². The Morgan fingerprint density at radius 2 is 1.33 bits per heavy atom. The summed E-state index contributed by atoms with van der Waals surface area (Å²) in [7, 11) is -1.69. The Morgan fingerprint density at radius 3 is 1.53 bits per heavy atom. The van der Waals surface area contributed by atoms with E-state index in [1.54, 1.807) is 0 Å². The number of rotatable bonds is 6. The highest BCUT2D eigenvalue weighted by Gasteiger charge is 2.45. The molecule has 3 heteroatoms. The molecule has 0 aliphatic heterocycles. The van der Waals surface area contributed by atoms with Gasteiger partial charge in [-0.05, 0) is 39.2 Å². The number of hydrogen-bond acceptors (Lipinski definition) is 1. The minimum absolute atomic E-state index is 0.154. The summed E-state index contributed by atoms with van der Waals surface area (Å²) in [4.78, 5) is 0. The van der Waals surface area contributed by atoms with Crippen LogP contribution < -0.4 is 0 Å². The first-order valence-corrected chi connectivity index (χ1v) is 9.12. The molecule has 0 aromatic heterocycles. The van der Waals surface area contributed by atoms with Crippen molar-refractivity contribution in [3.8, 4) is 0 Å². The Hall–Kier alpha value is 0.647. The molecule has 0 fully saturated rings. The van der Waals surface area contributed by atoms with Crippen LogP contribution in [-0.4, -0.2) is 12.4 Å². The quantitative estimate of drug-likeness (QED) is 0.282. The van der Waals surface area contributed by atoms with Gasteiger partial charge in [-0.3, -0.25) is 0 Å². The summed E-state index contributed by atoms with van der Waals surface area (Å²) >= 11 is 2.33. The first-order valence-electron chi connectivity index (χ1n) is 5.73. The number of alkyl halides is 1. The van der Waals surface area contributed by atoms with Crippen molar-refractivity contribution in [2.24, 2.45) is 0 Å². The average Bonchev–Trinajstić information content (AvgIpc) is 2.11. The third kappa shape index (κ3) is 3.56. The molecule has 0 aliphatic rings. The molecule has 0 aromatic carbocycles. The molecule has 0 saturated carbocycles. The van der Waals surface area contributed by atoms with Gasteiger partial charge in [0.15, 0.2) is 0 Å². The van der Waals surface area contributed by atoms with Crippen molar-refractivity contribution in [1.82, 2.24) is 0 Å². The highest BCUT2D eigenvalue weighted by atomic mass is 127. The van der Waals surface area contributed by atoms with Gasteiger partial charge >= 0.3 is 0 Å². The topological polar surface area (TPSA) is 9.23 Å². The Bertz CT molecular complexity index is 180. The summed E-state index contributed by atoms with van der Waals surface area (Å²) in [5.74, 6) is 0. The fourth-order valence-electron chi connectivity index (χ4n) is 2.65. The molecule has 0 rings (SSSR count). The molecule has 0 amide bonds. The van der Waals surface area contributed by atoms with E-state index >= 15 is 0 Å². The van der Waals surface area contributed by atoms with Crippen LogP contribution in [0.3, 0.4) is 0 Å². The second-order valence-electron chi connectivity index (χ2n) is 5.02. The molecule has 1 unspecified atom stereocenters. The highest BCUT2D eigenvalue weighted by Crippen LogP contribution is 2.43. The van der Waals surface area contributed by atoms with E-state index in [-0.39, 0.29) is 4.11 Å². The van der Waals surface area contributed by atoms with Crippen LogP contribution in [0.5, 0.6) is 0 Å². The molecule has 15 heavy (non-hydrogen) atoms. The molecular formula is C12H25IOSi. The summed E-state index contributed by atoms with van der Waals surface area (Å²) in [6.45, 7) is 17.6. The molecule has 0 radical (unpaired) electrons. The molecule has 0 aromatic rings. The molecule has 1 atom stereocenters. The molecule has 90 valence electrons. The van der Waals surface area contributed by atoms with Crippen molar-refractivity contribution in [2.45, 2.75) is 62.3 Å². The van der Waals surface area contributed by atoms with Crippen LogP contribution in [0.25, 0.3) is 0 Å². The van der Waals surface area contributed by atoms with Crippen molar-refractivity contribution in [1.29, 1.82) is 0 Å². The Labute approximate surface area is 110 Å². The third-order valence-corrected chi connectivity index (χ3v) is 10.5. The maximum atomic E-state index is 6.38. The number of hydrogen-bond donors (Lipinski definition) is 0. The molecular weight excluding hydrogens is 315 g/mol. The first-order chi connectivity index (χ1) is 6.78. The predicted molar refractivity (Wildman–Crippen MR) is 80.1 cm³/mol. The van der Waals surface area contributed by atoms with Gasteiger partial charge in [0.1, 0.15) is 4.11 Å². The lowest BCUT2D eigenvalue weighted by atomic mass is 10.5. The summed E-state index contributed by atoms with van der Waals surface area (Å²) < 4.78 is 6.53. The van der Waals surface area contributed by atoms with E-state index in [2.05, 4.69) is 70.7 Å². The van der Waals surface area contributed by atoms with Gasteiger partial charge in [-0.25, -0.2) is 0 Å². The van der Waals surface area contributed by atoms with E-state index in [1.807, 2.05) is 6.08 Å². The zero-order valence-electron chi connectivity index (χ0n) is 10.9. The standard InChI is InChI=1S/C12H25IOSi/c1-8-12(13)14-15(9(2)3,10(4)5)11(6)7/h8-12H,1H2,2-7H3. The van der Waals surface area contributed by atoms with E-state index in [4.69, 9.17) is 4.43 Å². The summed E-state index contributed by atoms with van der Waals surface area (Å²) in [5.41, 5.74) is 1.94. The average molecular weight is 340 g/mol. The maximum absolute atomic E-state index is 6.38. The summed E-state index contributed by atoms with van der Waals surface area (Å²) in [5, 5.41) is 0. The van der Waals surface area contributed by atoms with Gasteiger partial charge in [0.25, 0.3) is 0 Å². The minimum Gasteiger partial charge on any atom is -0.401 e. The van der Waals surface area contributed by atoms with Gasteiger partial charge in [0.05, 0.1) is 0 Å². The smallest absolute Gasteiger partial charge is 0.202 e. The van der Waals surface area contributed by atoms with Crippen LogP contribution in [0.1, 0.15) is 41.5 Å². The second-order valence-corrected chi connectivity index (χ2v) is 11.7. The highest BCUT2D eigenvalue weighted by molar-refractivity contribution is 14.1. The monoisotopic (exact) mass is 340 g/mol. The molecule has 0 saturated heterocycles. The fraction of sp³-hybridized carbons (Fsp3) is 0.833. The van der Waals surface area contributed by atoms with E-state index in [0.29, 0.717) is 16.6 Å². The van der Waals surface area contributed by atoms with E-state index < -0.39 is 8.32 Å². The van der Waals surface area contributed by atoms with Crippen LogP contribution in [0.2, 0.25) is 16.6 Å². The van der Waals surface area contributed by atoms with E-state index in [1.165, 1.54) is 0 Å². The summed E-state index contributed by atoms with van der Waals surface area (Å²) in [6.07, 6.45) is 1.90. The zero-order chi connectivity index (χ0) is 12.2. The van der Waals surface area contributed by atoms with Crippen molar-refractivity contribution >= 4 is 30.9 Å². The van der Waals surface area contributed by atoms with Crippen molar-refractivity contribution in [2.75, 3.05) is 0 Å². The molecule has 0 heterocycles. The fourth-order valence-corrected chi connectivity index (χ4v) is 9.28. The van der Waals surface area contributed by atoms with Crippen LogP contribution in [-0.2, 0) is 4.43 Å². The van der Waals surface area contributed by atoms with Crippen molar-refractivity contribution in [3.05, 3.63) is 12.7 Å². The molecule has 1 nitrogen and oxygen atoms in total. The van der Waals surface area contributed by atoms with Crippen LogP contribution in [0.4, 0.5) is 0 Å². The van der Waals surface area contributed by atoms with Gasteiger partial charge in [-0.1, -0.05) is 54.2 Å². The van der Waals surface area contributed by atoms with Crippen LogP contribution in [0.15, 0.2) is 12.7 Å². The normalized spacial score (nSPS) is 15.1. The van der Waals surface area contributed by atoms with Gasteiger partial charge < -0.3 is 4.43 Å². The predicted octanol–water partition coefficient (Wildman–Crippen LogP) is 5.13. The number of halogens is 1. The largest absolute Gasteiger partial charge is 0.401 e. The Balaban J connectivity index is 5.04. The van der Waals surface area contributed by atoms with Gasteiger partial charge in [-0.15, -0.1) is 0 Å².